The lowest BCUT2D eigenvalue weighted by Crippen LogP contribution is -2.21. The first-order chi connectivity index (χ1) is 7.58. The second kappa shape index (κ2) is 5.87. The van der Waals surface area contributed by atoms with Gasteiger partial charge in [-0.2, -0.15) is 0 Å². The maximum atomic E-state index is 11.7. The zero-order valence-corrected chi connectivity index (χ0v) is 10.4. The van der Waals surface area contributed by atoms with Gasteiger partial charge >= 0.3 is 0 Å². The minimum atomic E-state index is -0.413. The second-order valence-electron chi connectivity index (χ2n) is 3.48. The largest absolute Gasteiger partial charge is 0.496 e. The molecule has 4 heteroatoms. The molecule has 0 radical (unpaired) electrons. The lowest BCUT2D eigenvalue weighted by Gasteiger charge is -2.11. The van der Waals surface area contributed by atoms with E-state index in [1.165, 1.54) is 7.11 Å². The molecule has 88 valence electrons. The van der Waals surface area contributed by atoms with E-state index >= 15 is 0 Å². The number of hydrogen-bond acceptors (Lipinski definition) is 3. The first-order valence-electron chi connectivity index (χ1n) is 4.96. The molecule has 1 aromatic rings. The molecule has 16 heavy (non-hydrogen) atoms. The van der Waals surface area contributed by atoms with E-state index in [9.17, 15) is 4.79 Å². The van der Waals surface area contributed by atoms with Crippen molar-refractivity contribution in [1.82, 2.24) is 0 Å². The van der Waals surface area contributed by atoms with Gasteiger partial charge in [0.05, 0.1) is 7.11 Å². The Hall–Kier alpha value is -1.06. The van der Waals surface area contributed by atoms with Crippen LogP contribution in [0.15, 0.2) is 18.2 Å². The zero-order valence-electron chi connectivity index (χ0n) is 9.62. The third-order valence-corrected chi connectivity index (χ3v) is 2.65. The minimum Gasteiger partial charge on any atom is -0.496 e. The van der Waals surface area contributed by atoms with Gasteiger partial charge in [-0.1, -0.05) is 11.6 Å². The monoisotopic (exact) mass is 242 g/mol. The van der Waals surface area contributed by atoms with Gasteiger partial charge in [0.2, 0.25) is 0 Å². The van der Waals surface area contributed by atoms with E-state index in [1.807, 2.05) is 0 Å². The Morgan fingerprint density at radius 1 is 1.44 bits per heavy atom. The average molecular weight is 243 g/mol. The summed E-state index contributed by atoms with van der Waals surface area (Å²) in [5.74, 6) is 0.670. The minimum absolute atomic E-state index is 0.00284. The Bertz CT molecular complexity index is 377. The van der Waals surface area contributed by atoms with Crippen molar-refractivity contribution in [3.63, 3.8) is 0 Å². The Kier molecular flexibility index (Phi) is 4.77. The number of carbonyl (C=O) groups is 1. The standard InChI is InChI=1S/C12H15ClO3/c1-8(15-2)11(14)7-9-6-10(13)4-5-12(9)16-3/h4-6,8H,7H2,1-3H3. The molecule has 0 N–H and O–H groups in total. The highest BCUT2D eigenvalue weighted by Gasteiger charge is 2.15. The molecular weight excluding hydrogens is 228 g/mol. The average Bonchev–Trinajstić information content (AvgIpc) is 2.28. The fourth-order valence-electron chi connectivity index (χ4n) is 1.35. The van der Waals surface area contributed by atoms with E-state index in [1.54, 1.807) is 32.2 Å². The Morgan fingerprint density at radius 2 is 2.12 bits per heavy atom. The maximum absolute atomic E-state index is 11.7. The Balaban J connectivity index is 2.87. The molecule has 0 heterocycles. The highest BCUT2D eigenvalue weighted by Crippen LogP contribution is 2.23. The molecule has 0 aliphatic rings. The van der Waals surface area contributed by atoms with Gasteiger partial charge in [-0.15, -0.1) is 0 Å². The van der Waals surface area contributed by atoms with Gasteiger partial charge in [0.1, 0.15) is 11.9 Å². The summed E-state index contributed by atoms with van der Waals surface area (Å²) in [5, 5.41) is 0.591. The van der Waals surface area contributed by atoms with E-state index in [0.29, 0.717) is 10.8 Å². The molecular formula is C12H15ClO3. The topological polar surface area (TPSA) is 35.5 Å². The van der Waals surface area contributed by atoms with Crippen LogP contribution in [-0.2, 0) is 16.0 Å². The van der Waals surface area contributed by atoms with Gasteiger partial charge in [-0.05, 0) is 25.1 Å². The molecule has 0 aliphatic heterocycles. The van der Waals surface area contributed by atoms with Crippen LogP contribution in [-0.4, -0.2) is 26.1 Å². The number of Topliss-reactive ketones (excluding diaryl/α,β-unsaturated/α-hetero) is 1. The van der Waals surface area contributed by atoms with Crippen molar-refractivity contribution in [2.45, 2.75) is 19.4 Å². The molecule has 1 rings (SSSR count). The van der Waals surface area contributed by atoms with Gasteiger partial charge in [0, 0.05) is 24.1 Å². The van der Waals surface area contributed by atoms with Gasteiger partial charge in [-0.25, -0.2) is 0 Å². The van der Waals surface area contributed by atoms with Gasteiger partial charge in [0.15, 0.2) is 5.78 Å². The number of ether oxygens (including phenoxy) is 2. The van der Waals surface area contributed by atoms with Crippen LogP contribution in [0.25, 0.3) is 0 Å². The maximum Gasteiger partial charge on any atom is 0.165 e. The molecule has 0 bridgehead atoms. The van der Waals surface area contributed by atoms with Crippen LogP contribution in [0.3, 0.4) is 0 Å². The molecule has 0 aromatic heterocycles. The van der Waals surface area contributed by atoms with Gasteiger partial charge < -0.3 is 9.47 Å². The molecule has 1 unspecified atom stereocenters. The van der Waals surface area contributed by atoms with E-state index in [4.69, 9.17) is 21.1 Å². The molecule has 0 fully saturated rings. The van der Waals surface area contributed by atoms with Crippen LogP contribution < -0.4 is 4.74 Å². The summed E-state index contributed by atoms with van der Waals surface area (Å²) in [4.78, 5) is 11.7. The quantitative estimate of drug-likeness (QED) is 0.796. The first kappa shape index (κ1) is 13.0. The van der Waals surface area contributed by atoms with Crippen molar-refractivity contribution in [2.24, 2.45) is 0 Å². The lowest BCUT2D eigenvalue weighted by atomic mass is 10.1. The van der Waals surface area contributed by atoms with Gasteiger partial charge in [-0.3, -0.25) is 4.79 Å². The van der Waals surface area contributed by atoms with Gasteiger partial charge in [0.25, 0.3) is 0 Å². The van der Waals surface area contributed by atoms with Crippen LogP contribution in [0.5, 0.6) is 5.75 Å². The highest BCUT2D eigenvalue weighted by molar-refractivity contribution is 6.30. The molecule has 3 nitrogen and oxygen atoms in total. The molecule has 1 atom stereocenters. The first-order valence-corrected chi connectivity index (χ1v) is 5.34. The van der Waals surface area contributed by atoms with Crippen LogP contribution >= 0.6 is 11.6 Å². The summed E-state index contributed by atoms with van der Waals surface area (Å²) in [6.45, 7) is 1.72. The third kappa shape index (κ3) is 3.22. The molecule has 1 aromatic carbocycles. The number of benzene rings is 1. The fourth-order valence-corrected chi connectivity index (χ4v) is 1.54. The summed E-state index contributed by atoms with van der Waals surface area (Å²) in [7, 11) is 3.08. The van der Waals surface area contributed by atoms with Crippen LogP contribution in [0.4, 0.5) is 0 Å². The van der Waals surface area contributed by atoms with Crippen molar-refractivity contribution < 1.29 is 14.3 Å². The molecule has 0 spiro atoms. The smallest absolute Gasteiger partial charge is 0.165 e. The number of carbonyl (C=O) groups excluding carboxylic acids is 1. The summed E-state index contributed by atoms with van der Waals surface area (Å²) in [6.07, 6.45) is -0.151. The number of hydrogen-bond donors (Lipinski definition) is 0. The van der Waals surface area contributed by atoms with Crippen molar-refractivity contribution in [2.75, 3.05) is 14.2 Å². The number of halogens is 1. The highest BCUT2D eigenvalue weighted by atomic mass is 35.5. The molecule has 0 saturated heterocycles. The number of rotatable bonds is 5. The van der Waals surface area contributed by atoms with Crippen molar-refractivity contribution in [1.29, 1.82) is 0 Å². The SMILES string of the molecule is COc1ccc(Cl)cc1CC(=O)C(C)OC. The van der Waals surface area contributed by atoms with E-state index in [0.717, 1.165) is 5.56 Å². The summed E-state index contributed by atoms with van der Waals surface area (Å²) < 4.78 is 10.1. The van der Waals surface area contributed by atoms with E-state index in [-0.39, 0.29) is 12.2 Å². The normalized spacial score (nSPS) is 12.2. The number of ketones is 1. The molecule has 0 aliphatic carbocycles. The third-order valence-electron chi connectivity index (χ3n) is 2.41. The van der Waals surface area contributed by atoms with Crippen molar-refractivity contribution in [3.8, 4) is 5.75 Å². The summed E-state index contributed by atoms with van der Waals surface area (Å²) in [6, 6.07) is 5.22. The summed E-state index contributed by atoms with van der Waals surface area (Å²) in [5.41, 5.74) is 0.781. The Labute approximate surface area is 100 Å². The second-order valence-corrected chi connectivity index (χ2v) is 3.91. The predicted octanol–water partition coefficient (Wildman–Crippen LogP) is 2.50. The Morgan fingerprint density at radius 3 is 2.69 bits per heavy atom. The van der Waals surface area contributed by atoms with Crippen LogP contribution in [0.2, 0.25) is 5.02 Å². The van der Waals surface area contributed by atoms with E-state index in [2.05, 4.69) is 0 Å². The fraction of sp³-hybridized carbons (Fsp3) is 0.417. The van der Waals surface area contributed by atoms with Crippen molar-refractivity contribution >= 4 is 17.4 Å². The van der Waals surface area contributed by atoms with Crippen molar-refractivity contribution in [3.05, 3.63) is 28.8 Å². The zero-order chi connectivity index (χ0) is 12.1. The van der Waals surface area contributed by atoms with Crippen LogP contribution in [0.1, 0.15) is 12.5 Å². The molecule has 0 saturated carbocycles. The molecule has 0 amide bonds. The van der Waals surface area contributed by atoms with Crippen LogP contribution in [0, 0.1) is 0 Å². The summed E-state index contributed by atoms with van der Waals surface area (Å²) >= 11 is 5.87. The lowest BCUT2D eigenvalue weighted by molar-refractivity contribution is -0.127. The number of methoxy groups -OCH3 is 2. The predicted molar refractivity (Wildman–Crippen MR) is 63.2 cm³/mol. The van der Waals surface area contributed by atoms with E-state index < -0.39 is 6.10 Å².